The number of Topliss-reactive ketones (excluding diaryl/α,β-unsaturated/α-hetero) is 1. The Labute approximate surface area is 133 Å². The Morgan fingerprint density at radius 2 is 1.87 bits per heavy atom. The second-order valence-corrected chi connectivity index (χ2v) is 7.05. The molecule has 1 N–H and O–H groups in total. The normalized spacial score (nSPS) is 14.7. The lowest BCUT2D eigenvalue weighted by atomic mass is 9.95. The molecule has 2 heterocycles. The van der Waals surface area contributed by atoms with Gasteiger partial charge in [-0.15, -0.1) is 0 Å². The number of anilines is 1. The van der Waals surface area contributed by atoms with Crippen LogP contribution >= 0.6 is 0 Å². The molecule has 0 spiro atoms. The van der Waals surface area contributed by atoms with Gasteiger partial charge in [0.25, 0.3) is 10.0 Å². The molecule has 0 saturated carbocycles. The minimum absolute atomic E-state index is 0.0864. The summed E-state index contributed by atoms with van der Waals surface area (Å²) in [6, 6.07) is 12.0. The molecule has 0 bridgehead atoms. The molecule has 0 unspecified atom stereocenters. The maximum Gasteiger partial charge on any atom is 0.262 e. The fourth-order valence-corrected chi connectivity index (χ4v) is 4.27. The van der Waals surface area contributed by atoms with Gasteiger partial charge in [0.05, 0.1) is 16.1 Å². The number of nitrogens with zero attached hydrogens (tertiary/aromatic N) is 1. The van der Waals surface area contributed by atoms with Crippen LogP contribution in [0.2, 0.25) is 0 Å². The van der Waals surface area contributed by atoms with Gasteiger partial charge in [0.15, 0.2) is 5.78 Å². The molecule has 4 rings (SSSR count). The van der Waals surface area contributed by atoms with Crippen LogP contribution in [0, 0.1) is 0 Å². The standard InChI is InChI=1S/C17H12N2O3S/c1-10(20)13-9-14-11-5-2-3-7-15(11)23(21,22)19-17(14)16-12(13)6-4-8-18-16/h2-9,19H,1H3. The van der Waals surface area contributed by atoms with Gasteiger partial charge >= 0.3 is 0 Å². The molecule has 0 fully saturated rings. The molecule has 2 aromatic carbocycles. The average Bonchev–Trinajstić information content (AvgIpc) is 2.54. The maximum atomic E-state index is 12.5. The van der Waals surface area contributed by atoms with Crippen LogP contribution in [-0.4, -0.2) is 19.2 Å². The van der Waals surface area contributed by atoms with E-state index in [-0.39, 0.29) is 10.7 Å². The van der Waals surface area contributed by atoms with Gasteiger partial charge in [0.1, 0.15) is 0 Å². The first-order valence-electron chi connectivity index (χ1n) is 7.04. The number of rotatable bonds is 1. The minimum Gasteiger partial charge on any atom is -0.294 e. The molecule has 1 aliphatic rings. The highest BCUT2D eigenvalue weighted by atomic mass is 32.2. The van der Waals surface area contributed by atoms with Gasteiger partial charge in [-0.05, 0) is 25.1 Å². The number of benzene rings is 2. The number of sulfonamides is 1. The molecule has 5 nitrogen and oxygen atoms in total. The zero-order chi connectivity index (χ0) is 16.2. The van der Waals surface area contributed by atoms with E-state index < -0.39 is 10.0 Å². The van der Waals surface area contributed by atoms with E-state index in [1.165, 1.54) is 6.92 Å². The van der Waals surface area contributed by atoms with Gasteiger partial charge in [-0.25, -0.2) is 8.42 Å². The van der Waals surface area contributed by atoms with E-state index in [0.29, 0.717) is 33.3 Å². The summed E-state index contributed by atoms with van der Waals surface area (Å²) in [5.74, 6) is -0.0864. The van der Waals surface area contributed by atoms with E-state index in [1.54, 1.807) is 48.7 Å². The third kappa shape index (κ3) is 1.95. The Morgan fingerprint density at radius 1 is 1.09 bits per heavy atom. The first-order valence-corrected chi connectivity index (χ1v) is 8.52. The van der Waals surface area contributed by atoms with Gasteiger partial charge in [-0.3, -0.25) is 14.5 Å². The van der Waals surface area contributed by atoms with Crippen LogP contribution in [-0.2, 0) is 10.0 Å². The second-order valence-electron chi connectivity index (χ2n) is 5.40. The summed E-state index contributed by atoms with van der Waals surface area (Å²) in [6.45, 7) is 1.49. The largest absolute Gasteiger partial charge is 0.294 e. The lowest BCUT2D eigenvalue weighted by Gasteiger charge is -2.23. The van der Waals surface area contributed by atoms with Crippen molar-refractivity contribution in [1.82, 2.24) is 4.98 Å². The summed E-state index contributed by atoms with van der Waals surface area (Å²) in [7, 11) is -3.65. The number of carbonyl (C=O) groups is 1. The predicted octanol–water partition coefficient (Wildman–Crippen LogP) is 3.22. The number of ketones is 1. The van der Waals surface area contributed by atoms with Crippen molar-refractivity contribution in [3.8, 4) is 11.1 Å². The molecule has 6 heteroatoms. The molecule has 1 aliphatic heterocycles. The van der Waals surface area contributed by atoms with Crippen molar-refractivity contribution in [2.24, 2.45) is 0 Å². The molecule has 1 aromatic heterocycles. The number of hydrogen-bond acceptors (Lipinski definition) is 4. The van der Waals surface area contributed by atoms with Gasteiger partial charge in [-0.2, -0.15) is 0 Å². The molecule has 114 valence electrons. The molecule has 23 heavy (non-hydrogen) atoms. The fourth-order valence-electron chi connectivity index (χ4n) is 2.96. The first-order chi connectivity index (χ1) is 11.0. The molecule has 0 atom stereocenters. The summed E-state index contributed by atoms with van der Waals surface area (Å²) in [5.41, 5.74) is 2.68. The molecule has 3 aromatic rings. The van der Waals surface area contributed by atoms with E-state index in [2.05, 4.69) is 9.71 Å². The highest BCUT2D eigenvalue weighted by molar-refractivity contribution is 7.93. The summed E-state index contributed by atoms with van der Waals surface area (Å²) in [5, 5.41) is 0.640. The number of hydrogen-bond donors (Lipinski definition) is 1. The molecule has 0 aliphatic carbocycles. The quantitative estimate of drug-likeness (QED) is 0.697. The Hall–Kier alpha value is -2.73. The number of fused-ring (bicyclic) bond motifs is 5. The fraction of sp³-hybridized carbons (Fsp3) is 0.0588. The zero-order valence-electron chi connectivity index (χ0n) is 12.2. The van der Waals surface area contributed by atoms with Crippen molar-refractivity contribution in [3.05, 3.63) is 54.2 Å². The molecule has 0 amide bonds. The van der Waals surface area contributed by atoms with Crippen LogP contribution in [0.1, 0.15) is 17.3 Å². The van der Waals surface area contributed by atoms with Gasteiger partial charge < -0.3 is 0 Å². The number of carbonyl (C=O) groups excluding carboxylic acids is 1. The second kappa shape index (κ2) is 4.63. The third-order valence-electron chi connectivity index (χ3n) is 3.98. The lowest BCUT2D eigenvalue weighted by Crippen LogP contribution is -2.19. The van der Waals surface area contributed by atoms with E-state index in [0.717, 1.165) is 0 Å². The Morgan fingerprint density at radius 3 is 2.65 bits per heavy atom. The van der Waals surface area contributed by atoms with Gasteiger partial charge in [0.2, 0.25) is 0 Å². The Kier molecular flexibility index (Phi) is 2.80. The molecule has 0 saturated heterocycles. The summed E-state index contributed by atoms with van der Waals surface area (Å²) < 4.78 is 27.6. The molecule has 0 radical (unpaired) electrons. The number of pyridine rings is 1. The van der Waals surface area contributed by atoms with E-state index >= 15 is 0 Å². The lowest BCUT2D eigenvalue weighted by molar-refractivity contribution is 0.101. The van der Waals surface area contributed by atoms with E-state index in [9.17, 15) is 13.2 Å². The zero-order valence-corrected chi connectivity index (χ0v) is 13.0. The smallest absolute Gasteiger partial charge is 0.262 e. The highest BCUT2D eigenvalue weighted by Crippen LogP contribution is 2.43. The van der Waals surface area contributed by atoms with Crippen LogP contribution in [0.15, 0.2) is 53.6 Å². The highest BCUT2D eigenvalue weighted by Gasteiger charge is 2.29. The Balaban J connectivity index is 2.21. The minimum atomic E-state index is -3.65. The van der Waals surface area contributed by atoms with Gasteiger partial charge in [-0.1, -0.05) is 24.3 Å². The number of nitrogens with one attached hydrogen (secondary N) is 1. The SMILES string of the molecule is CC(=O)c1cc2c(c3ncccc13)NS(=O)(=O)c1ccccc1-2. The predicted molar refractivity (Wildman–Crippen MR) is 88.0 cm³/mol. The topological polar surface area (TPSA) is 76.1 Å². The van der Waals surface area contributed by atoms with E-state index in [4.69, 9.17) is 0 Å². The van der Waals surface area contributed by atoms with Crippen LogP contribution in [0.5, 0.6) is 0 Å². The van der Waals surface area contributed by atoms with E-state index in [1.807, 2.05) is 0 Å². The van der Waals surface area contributed by atoms with Crippen molar-refractivity contribution in [2.45, 2.75) is 11.8 Å². The van der Waals surface area contributed by atoms with Crippen molar-refractivity contribution >= 4 is 32.4 Å². The van der Waals surface area contributed by atoms with Crippen molar-refractivity contribution < 1.29 is 13.2 Å². The van der Waals surface area contributed by atoms with Crippen molar-refractivity contribution in [2.75, 3.05) is 4.72 Å². The third-order valence-corrected chi connectivity index (χ3v) is 5.38. The van der Waals surface area contributed by atoms with Crippen molar-refractivity contribution in [1.29, 1.82) is 0 Å². The summed E-state index contributed by atoms with van der Waals surface area (Å²) in [4.78, 5) is 16.5. The van der Waals surface area contributed by atoms with Crippen molar-refractivity contribution in [3.63, 3.8) is 0 Å². The van der Waals surface area contributed by atoms with Crippen LogP contribution in [0.4, 0.5) is 5.69 Å². The first kappa shape index (κ1) is 13.9. The Bertz CT molecular complexity index is 1090. The summed E-state index contributed by atoms with van der Waals surface area (Å²) in [6.07, 6.45) is 1.58. The molecular formula is C17H12N2O3S. The van der Waals surface area contributed by atoms with Crippen LogP contribution < -0.4 is 4.72 Å². The van der Waals surface area contributed by atoms with Gasteiger partial charge in [0, 0.05) is 28.3 Å². The average molecular weight is 324 g/mol. The maximum absolute atomic E-state index is 12.5. The summed E-state index contributed by atoms with van der Waals surface area (Å²) >= 11 is 0. The van der Waals surface area contributed by atoms with Crippen LogP contribution in [0.3, 0.4) is 0 Å². The molecular weight excluding hydrogens is 312 g/mol. The number of aromatic nitrogens is 1. The van der Waals surface area contributed by atoms with Crippen LogP contribution in [0.25, 0.3) is 22.0 Å². The monoisotopic (exact) mass is 324 g/mol.